The van der Waals surface area contributed by atoms with E-state index in [1.165, 1.54) is 12.8 Å². The Morgan fingerprint density at radius 3 is 3.16 bits per heavy atom. The molecular formula is C13H17N3O2S. The molecule has 1 fully saturated rings. The lowest BCUT2D eigenvalue weighted by molar-refractivity contribution is 0.0769. The number of aliphatic hydroxyl groups is 1. The van der Waals surface area contributed by atoms with Gasteiger partial charge in [-0.25, -0.2) is 0 Å². The van der Waals surface area contributed by atoms with Gasteiger partial charge in [-0.15, -0.1) is 21.5 Å². The van der Waals surface area contributed by atoms with Crippen LogP contribution >= 0.6 is 11.3 Å². The molecule has 1 unspecified atom stereocenters. The number of aliphatic hydroxyl groups excluding tert-OH is 1. The Hall–Kier alpha value is -1.24. The number of likely N-dealkylation sites (tertiary alicyclic amines) is 1. The van der Waals surface area contributed by atoms with Gasteiger partial charge < -0.3 is 9.52 Å². The van der Waals surface area contributed by atoms with Gasteiger partial charge in [0, 0.05) is 6.04 Å². The van der Waals surface area contributed by atoms with Crippen molar-refractivity contribution in [2.24, 2.45) is 0 Å². The lowest BCUT2D eigenvalue weighted by Gasteiger charge is -2.33. The van der Waals surface area contributed by atoms with Gasteiger partial charge in [-0.3, -0.25) is 4.90 Å². The van der Waals surface area contributed by atoms with Gasteiger partial charge in [-0.2, -0.15) is 0 Å². The largest absolute Gasteiger partial charge is 0.419 e. The lowest BCUT2D eigenvalue weighted by Crippen LogP contribution is -2.41. The highest BCUT2D eigenvalue weighted by Crippen LogP contribution is 2.24. The van der Waals surface area contributed by atoms with Gasteiger partial charge in [0.15, 0.2) is 0 Å². The summed E-state index contributed by atoms with van der Waals surface area (Å²) in [4.78, 5) is 3.23. The number of thiophene rings is 1. The SMILES string of the molecule is OCC1CCCCN1Cc1nnc(-c2cccs2)o1. The fourth-order valence-corrected chi connectivity index (χ4v) is 3.11. The molecule has 1 atom stereocenters. The maximum absolute atomic E-state index is 9.39. The minimum atomic E-state index is 0.200. The number of nitrogens with zero attached hydrogens (tertiary/aromatic N) is 3. The standard InChI is InChI=1S/C13H17N3O2S/c17-9-10-4-1-2-6-16(10)8-12-14-15-13(18-12)11-5-3-7-19-11/h3,5,7,10,17H,1-2,4,6,8-9H2. The van der Waals surface area contributed by atoms with Crippen LogP contribution in [0.2, 0.25) is 0 Å². The van der Waals surface area contributed by atoms with E-state index in [-0.39, 0.29) is 12.6 Å². The van der Waals surface area contributed by atoms with Crippen molar-refractivity contribution in [2.75, 3.05) is 13.2 Å². The first kappa shape index (κ1) is 12.8. The second kappa shape index (κ2) is 5.81. The zero-order valence-corrected chi connectivity index (χ0v) is 11.5. The molecule has 6 heteroatoms. The molecule has 0 aromatic carbocycles. The van der Waals surface area contributed by atoms with Gasteiger partial charge in [0.05, 0.1) is 18.0 Å². The third-order valence-electron chi connectivity index (χ3n) is 3.50. The van der Waals surface area contributed by atoms with Crippen LogP contribution in [0.4, 0.5) is 0 Å². The van der Waals surface area contributed by atoms with Crippen LogP contribution < -0.4 is 0 Å². The summed E-state index contributed by atoms with van der Waals surface area (Å²) in [7, 11) is 0. The minimum absolute atomic E-state index is 0.200. The fourth-order valence-electron chi connectivity index (χ4n) is 2.47. The number of piperidine rings is 1. The molecular weight excluding hydrogens is 262 g/mol. The van der Waals surface area contributed by atoms with E-state index < -0.39 is 0 Å². The molecule has 1 saturated heterocycles. The Kier molecular flexibility index (Phi) is 3.91. The summed E-state index contributed by atoms with van der Waals surface area (Å²) in [6.45, 7) is 1.82. The average molecular weight is 279 g/mol. The molecule has 2 aromatic rings. The van der Waals surface area contributed by atoms with Crippen LogP contribution in [0.5, 0.6) is 0 Å². The van der Waals surface area contributed by atoms with Crippen LogP contribution in [0.3, 0.4) is 0 Å². The topological polar surface area (TPSA) is 62.4 Å². The summed E-state index contributed by atoms with van der Waals surface area (Å²) in [5.74, 6) is 1.21. The third kappa shape index (κ3) is 2.86. The van der Waals surface area contributed by atoms with Crippen LogP contribution in [0.1, 0.15) is 25.2 Å². The molecule has 0 amide bonds. The predicted molar refractivity (Wildman–Crippen MR) is 72.7 cm³/mol. The van der Waals surface area contributed by atoms with Gasteiger partial charge in [0.2, 0.25) is 5.89 Å². The van der Waals surface area contributed by atoms with Gasteiger partial charge >= 0.3 is 0 Å². The van der Waals surface area contributed by atoms with Crippen molar-refractivity contribution in [2.45, 2.75) is 31.8 Å². The monoisotopic (exact) mass is 279 g/mol. The number of hydrogen-bond donors (Lipinski definition) is 1. The Morgan fingerprint density at radius 1 is 1.42 bits per heavy atom. The van der Waals surface area contributed by atoms with Crippen LogP contribution in [-0.2, 0) is 6.54 Å². The second-order valence-electron chi connectivity index (χ2n) is 4.78. The molecule has 19 heavy (non-hydrogen) atoms. The van der Waals surface area contributed by atoms with E-state index >= 15 is 0 Å². The summed E-state index contributed by atoms with van der Waals surface area (Å²) in [5.41, 5.74) is 0. The molecule has 0 saturated carbocycles. The van der Waals surface area contributed by atoms with Gasteiger partial charge in [-0.1, -0.05) is 12.5 Å². The minimum Gasteiger partial charge on any atom is -0.419 e. The molecule has 1 N–H and O–H groups in total. The molecule has 102 valence electrons. The van der Waals surface area contributed by atoms with E-state index in [2.05, 4.69) is 15.1 Å². The maximum atomic E-state index is 9.39. The van der Waals surface area contributed by atoms with Crippen LogP contribution in [0.15, 0.2) is 21.9 Å². The van der Waals surface area contributed by atoms with E-state index in [0.717, 1.165) is 17.8 Å². The van der Waals surface area contributed by atoms with Crippen molar-refractivity contribution in [3.8, 4) is 10.8 Å². The summed E-state index contributed by atoms with van der Waals surface area (Å²) >= 11 is 1.59. The van der Waals surface area contributed by atoms with Gasteiger partial charge in [0.1, 0.15) is 0 Å². The Labute approximate surface area is 115 Å². The summed E-state index contributed by atoms with van der Waals surface area (Å²) in [6, 6.07) is 4.17. The molecule has 2 aromatic heterocycles. The van der Waals surface area contributed by atoms with E-state index in [4.69, 9.17) is 4.42 Å². The normalized spacial score (nSPS) is 20.8. The quantitative estimate of drug-likeness (QED) is 0.929. The molecule has 5 nitrogen and oxygen atoms in total. The highest BCUT2D eigenvalue weighted by atomic mass is 32.1. The Morgan fingerprint density at radius 2 is 2.37 bits per heavy atom. The number of hydrogen-bond acceptors (Lipinski definition) is 6. The van der Waals surface area contributed by atoms with E-state index in [1.54, 1.807) is 11.3 Å². The predicted octanol–water partition coefficient (Wildman–Crippen LogP) is 2.14. The van der Waals surface area contributed by atoms with E-state index in [9.17, 15) is 5.11 Å². The molecule has 0 radical (unpaired) electrons. The van der Waals surface area contributed by atoms with Crippen molar-refractivity contribution in [1.29, 1.82) is 0 Å². The molecule has 0 bridgehead atoms. The smallest absolute Gasteiger partial charge is 0.257 e. The third-order valence-corrected chi connectivity index (χ3v) is 4.35. The zero-order chi connectivity index (χ0) is 13.1. The zero-order valence-electron chi connectivity index (χ0n) is 10.7. The van der Waals surface area contributed by atoms with Crippen molar-refractivity contribution in [3.05, 3.63) is 23.4 Å². The van der Waals surface area contributed by atoms with Crippen molar-refractivity contribution < 1.29 is 9.52 Å². The van der Waals surface area contributed by atoms with Crippen LogP contribution in [-0.4, -0.2) is 39.4 Å². The first-order valence-corrected chi connectivity index (χ1v) is 7.46. The highest BCUT2D eigenvalue weighted by Gasteiger charge is 2.23. The first-order chi connectivity index (χ1) is 9.36. The molecule has 1 aliphatic heterocycles. The molecule has 0 aliphatic carbocycles. The van der Waals surface area contributed by atoms with Gasteiger partial charge in [0.25, 0.3) is 5.89 Å². The summed E-state index contributed by atoms with van der Waals surface area (Å²) in [6.07, 6.45) is 3.40. The number of aromatic nitrogens is 2. The van der Waals surface area contributed by atoms with E-state index in [1.807, 2.05) is 17.5 Å². The van der Waals surface area contributed by atoms with Crippen LogP contribution in [0, 0.1) is 0 Å². The molecule has 0 spiro atoms. The molecule has 3 heterocycles. The maximum Gasteiger partial charge on any atom is 0.257 e. The van der Waals surface area contributed by atoms with Crippen LogP contribution in [0.25, 0.3) is 10.8 Å². The Balaban J connectivity index is 1.69. The van der Waals surface area contributed by atoms with E-state index in [0.29, 0.717) is 18.3 Å². The first-order valence-electron chi connectivity index (χ1n) is 6.58. The van der Waals surface area contributed by atoms with Gasteiger partial charge in [-0.05, 0) is 30.8 Å². The number of rotatable bonds is 4. The lowest BCUT2D eigenvalue weighted by atomic mass is 10.0. The summed E-state index contributed by atoms with van der Waals surface area (Å²) < 4.78 is 5.69. The van der Waals surface area contributed by atoms with Crippen molar-refractivity contribution in [3.63, 3.8) is 0 Å². The second-order valence-corrected chi connectivity index (χ2v) is 5.73. The van der Waals surface area contributed by atoms with Crippen molar-refractivity contribution in [1.82, 2.24) is 15.1 Å². The fraction of sp³-hybridized carbons (Fsp3) is 0.538. The summed E-state index contributed by atoms with van der Waals surface area (Å²) in [5, 5.41) is 19.6. The van der Waals surface area contributed by atoms with Crippen molar-refractivity contribution >= 4 is 11.3 Å². The molecule has 3 rings (SSSR count). The highest BCUT2D eigenvalue weighted by molar-refractivity contribution is 7.13. The average Bonchev–Trinajstić information content (AvgIpc) is 3.09. The Bertz CT molecular complexity index is 512. The molecule has 1 aliphatic rings.